The molecule has 0 aliphatic rings. The maximum atomic E-state index is 13.1. The molecule has 3 N–H and O–H groups in total. The number of nitrogens with two attached hydrogens (primary N) is 1. The first-order valence-corrected chi connectivity index (χ1v) is 5.33. The molecule has 0 radical (unpaired) electrons. The third kappa shape index (κ3) is 2.84. The number of nitrogens with one attached hydrogen (secondary N) is 1. The minimum Gasteiger partial charge on any atom is -0.384 e. The van der Waals surface area contributed by atoms with E-state index in [1.807, 2.05) is 0 Å². The van der Waals surface area contributed by atoms with Gasteiger partial charge in [0.1, 0.15) is 23.4 Å². The lowest BCUT2D eigenvalue weighted by Crippen LogP contribution is -2.14. The number of carbonyl (C=O) groups excluding carboxylic acids is 1. The average molecular weight is 256 g/mol. The summed E-state index contributed by atoms with van der Waals surface area (Å²) >= 11 is 0. The Bertz CT molecular complexity index is 679. The van der Waals surface area contributed by atoms with Crippen molar-refractivity contribution in [1.82, 2.24) is 4.98 Å². The maximum absolute atomic E-state index is 13.1. The van der Waals surface area contributed by atoms with Crippen molar-refractivity contribution in [1.29, 1.82) is 5.26 Å². The smallest absolute Gasteiger partial charge is 0.274 e. The van der Waals surface area contributed by atoms with Crippen LogP contribution in [-0.2, 0) is 0 Å². The van der Waals surface area contributed by atoms with Crippen LogP contribution in [0.5, 0.6) is 0 Å². The average Bonchev–Trinajstić information content (AvgIpc) is 2.41. The van der Waals surface area contributed by atoms with Crippen LogP contribution in [0.1, 0.15) is 16.1 Å². The van der Waals surface area contributed by atoms with Crippen LogP contribution in [0.3, 0.4) is 0 Å². The molecule has 5 nitrogen and oxygen atoms in total. The summed E-state index contributed by atoms with van der Waals surface area (Å²) in [6.07, 6.45) is 0. The van der Waals surface area contributed by atoms with Gasteiger partial charge in [0.25, 0.3) is 5.91 Å². The minimum absolute atomic E-state index is 0.140. The van der Waals surface area contributed by atoms with E-state index in [0.29, 0.717) is 5.69 Å². The van der Waals surface area contributed by atoms with Crippen LogP contribution in [0.15, 0.2) is 36.4 Å². The fourth-order valence-corrected chi connectivity index (χ4v) is 1.46. The van der Waals surface area contributed by atoms with Gasteiger partial charge in [0.05, 0.1) is 5.56 Å². The zero-order valence-corrected chi connectivity index (χ0v) is 9.72. The summed E-state index contributed by atoms with van der Waals surface area (Å²) in [6.45, 7) is 0. The van der Waals surface area contributed by atoms with Crippen molar-refractivity contribution in [3.8, 4) is 6.07 Å². The number of aromatic nitrogens is 1. The highest BCUT2D eigenvalue weighted by atomic mass is 19.1. The molecule has 2 rings (SSSR count). The molecule has 0 saturated heterocycles. The van der Waals surface area contributed by atoms with Crippen LogP contribution in [0, 0.1) is 17.1 Å². The van der Waals surface area contributed by atoms with Crippen molar-refractivity contribution in [2.75, 3.05) is 11.1 Å². The summed E-state index contributed by atoms with van der Waals surface area (Å²) in [5.41, 5.74) is 5.78. The van der Waals surface area contributed by atoms with Crippen molar-refractivity contribution in [3.05, 3.63) is 53.5 Å². The predicted molar refractivity (Wildman–Crippen MR) is 67.7 cm³/mol. The van der Waals surface area contributed by atoms with Gasteiger partial charge in [0, 0.05) is 5.69 Å². The molecular formula is C13H9FN4O. The Morgan fingerprint density at radius 2 is 2.16 bits per heavy atom. The van der Waals surface area contributed by atoms with E-state index in [-0.39, 0.29) is 17.1 Å². The number of rotatable bonds is 2. The van der Waals surface area contributed by atoms with Crippen LogP contribution in [0.4, 0.5) is 15.9 Å². The highest BCUT2D eigenvalue weighted by molar-refractivity contribution is 6.03. The number of carbonyl (C=O) groups is 1. The number of hydrogen-bond acceptors (Lipinski definition) is 4. The molecule has 0 atom stereocenters. The molecule has 1 aromatic carbocycles. The van der Waals surface area contributed by atoms with Crippen molar-refractivity contribution in [3.63, 3.8) is 0 Å². The van der Waals surface area contributed by atoms with E-state index < -0.39 is 11.7 Å². The highest BCUT2D eigenvalue weighted by Crippen LogP contribution is 2.14. The molecule has 0 bridgehead atoms. The number of amides is 1. The van der Waals surface area contributed by atoms with Gasteiger partial charge >= 0.3 is 0 Å². The first-order chi connectivity index (χ1) is 9.10. The van der Waals surface area contributed by atoms with E-state index in [1.54, 1.807) is 18.2 Å². The van der Waals surface area contributed by atoms with Crippen molar-refractivity contribution in [2.24, 2.45) is 0 Å². The van der Waals surface area contributed by atoms with Crippen LogP contribution in [-0.4, -0.2) is 10.9 Å². The third-order valence-corrected chi connectivity index (χ3v) is 2.35. The topological polar surface area (TPSA) is 91.8 Å². The maximum Gasteiger partial charge on any atom is 0.274 e. The zero-order valence-electron chi connectivity index (χ0n) is 9.72. The second-order valence-electron chi connectivity index (χ2n) is 3.71. The molecule has 19 heavy (non-hydrogen) atoms. The Labute approximate surface area is 108 Å². The largest absolute Gasteiger partial charge is 0.384 e. The monoisotopic (exact) mass is 256 g/mol. The molecule has 94 valence electrons. The second kappa shape index (κ2) is 5.14. The number of nitrogens with zero attached hydrogens (tertiary/aromatic N) is 2. The molecular weight excluding hydrogens is 247 g/mol. The minimum atomic E-state index is -0.637. The van der Waals surface area contributed by atoms with Gasteiger partial charge in [-0.2, -0.15) is 5.26 Å². The standard InChI is InChI=1S/C13H9FN4O/c14-10-5-4-9(6-8(10)7-15)17-13(19)11-2-1-3-12(16)18-11/h1-6H,(H2,16,18)(H,17,19). The number of nitrogen functional groups attached to an aromatic ring is 1. The SMILES string of the molecule is N#Cc1cc(NC(=O)c2cccc(N)n2)ccc1F. The number of benzene rings is 1. The summed E-state index contributed by atoms with van der Waals surface area (Å²) in [4.78, 5) is 15.7. The van der Waals surface area contributed by atoms with Gasteiger partial charge in [0.15, 0.2) is 0 Å². The molecule has 1 aromatic heterocycles. The molecule has 0 aliphatic heterocycles. The van der Waals surface area contributed by atoms with Gasteiger partial charge in [-0.1, -0.05) is 6.07 Å². The molecule has 0 saturated carbocycles. The van der Waals surface area contributed by atoms with Gasteiger partial charge < -0.3 is 11.1 Å². The summed E-state index contributed by atoms with van der Waals surface area (Å²) in [6, 6.07) is 10.1. The van der Waals surface area contributed by atoms with E-state index in [2.05, 4.69) is 10.3 Å². The number of pyridine rings is 1. The Balaban J connectivity index is 2.22. The van der Waals surface area contributed by atoms with E-state index in [1.165, 1.54) is 18.2 Å². The number of nitriles is 1. The molecule has 0 aliphatic carbocycles. The Morgan fingerprint density at radius 1 is 1.37 bits per heavy atom. The van der Waals surface area contributed by atoms with Crippen molar-refractivity contribution < 1.29 is 9.18 Å². The molecule has 1 heterocycles. The van der Waals surface area contributed by atoms with Crippen molar-refractivity contribution in [2.45, 2.75) is 0 Å². The quantitative estimate of drug-likeness (QED) is 0.858. The van der Waals surface area contributed by atoms with Crippen molar-refractivity contribution >= 4 is 17.4 Å². The highest BCUT2D eigenvalue weighted by Gasteiger charge is 2.09. The number of anilines is 2. The first-order valence-electron chi connectivity index (χ1n) is 5.33. The molecule has 1 amide bonds. The Hall–Kier alpha value is -2.94. The van der Waals surface area contributed by atoms with E-state index in [9.17, 15) is 9.18 Å². The third-order valence-electron chi connectivity index (χ3n) is 2.35. The van der Waals surface area contributed by atoms with Gasteiger partial charge in [-0.3, -0.25) is 4.79 Å². The number of hydrogen-bond donors (Lipinski definition) is 2. The molecule has 0 fully saturated rings. The lowest BCUT2D eigenvalue weighted by atomic mass is 10.2. The van der Waals surface area contributed by atoms with E-state index in [0.717, 1.165) is 6.07 Å². The van der Waals surface area contributed by atoms with Gasteiger partial charge in [-0.25, -0.2) is 9.37 Å². The van der Waals surface area contributed by atoms with Gasteiger partial charge in [-0.05, 0) is 30.3 Å². The Kier molecular flexibility index (Phi) is 3.39. The van der Waals surface area contributed by atoms with Crippen LogP contribution in [0.2, 0.25) is 0 Å². The Morgan fingerprint density at radius 3 is 2.84 bits per heavy atom. The molecule has 0 spiro atoms. The van der Waals surface area contributed by atoms with Crippen LogP contribution < -0.4 is 11.1 Å². The normalized spacial score (nSPS) is 9.68. The molecule has 2 aromatic rings. The summed E-state index contributed by atoms with van der Waals surface area (Å²) in [7, 11) is 0. The lowest BCUT2D eigenvalue weighted by molar-refractivity contribution is 0.102. The fraction of sp³-hybridized carbons (Fsp3) is 0. The molecule has 0 unspecified atom stereocenters. The van der Waals surface area contributed by atoms with Crippen LogP contribution in [0.25, 0.3) is 0 Å². The zero-order chi connectivity index (χ0) is 13.8. The fourth-order valence-electron chi connectivity index (χ4n) is 1.46. The summed E-state index contributed by atoms with van der Waals surface area (Å²) in [5.74, 6) is -0.894. The first kappa shape index (κ1) is 12.5. The predicted octanol–water partition coefficient (Wildman–Crippen LogP) is 1.93. The molecule has 6 heteroatoms. The lowest BCUT2D eigenvalue weighted by Gasteiger charge is -2.05. The second-order valence-corrected chi connectivity index (χ2v) is 3.71. The van der Waals surface area contributed by atoms with E-state index in [4.69, 9.17) is 11.0 Å². The van der Waals surface area contributed by atoms with Gasteiger partial charge in [-0.15, -0.1) is 0 Å². The summed E-state index contributed by atoms with van der Waals surface area (Å²) < 4.78 is 13.1. The van der Waals surface area contributed by atoms with Crippen LogP contribution >= 0.6 is 0 Å². The summed E-state index contributed by atoms with van der Waals surface area (Å²) in [5, 5.41) is 11.2. The van der Waals surface area contributed by atoms with Gasteiger partial charge in [0.2, 0.25) is 0 Å². The number of halogens is 1. The van der Waals surface area contributed by atoms with E-state index >= 15 is 0 Å².